The van der Waals surface area contributed by atoms with E-state index in [-0.39, 0.29) is 0 Å². The molecule has 1 saturated heterocycles. The van der Waals surface area contributed by atoms with E-state index in [2.05, 4.69) is 15.2 Å². The third-order valence-electron chi connectivity index (χ3n) is 3.56. The van der Waals surface area contributed by atoms with Crippen LogP contribution in [0.5, 0.6) is 0 Å². The molecule has 94 valence electrons. The van der Waals surface area contributed by atoms with Crippen molar-refractivity contribution in [3.63, 3.8) is 0 Å². The van der Waals surface area contributed by atoms with Crippen LogP contribution < -0.4 is 5.32 Å². The van der Waals surface area contributed by atoms with E-state index >= 15 is 0 Å². The molecule has 2 aliphatic rings. The Labute approximate surface area is 111 Å². The summed E-state index contributed by atoms with van der Waals surface area (Å²) in [6, 6.07) is 1.50. The zero-order valence-electron chi connectivity index (χ0n) is 9.86. The fraction of sp³-hybridized carbons (Fsp3) is 0.750. The van der Waals surface area contributed by atoms with Gasteiger partial charge in [-0.15, -0.1) is 11.3 Å². The first-order chi connectivity index (χ1) is 8.31. The minimum atomic E-state index is 0.662. The number of thiazole rings is 1. The van der Waals surface area contributed by atoms with Crippen LogP contribution in [0, 0.1) is 0 Å². The summed E-state index contributed by atoms with van der Waals surface area (Å²) in [5, 5.41) is 3.58. The maximum absolute atomic E-state index is 5.89. The van der Waals surface area contributed by atoms with Gasteiger partial charge in [0.25, 0.3) is 0 Å². The Hall–Kier alpha value is -0.160. The monoisotopic (exact) mass is 271 g/mol. The van der Waals surface area contributed by atoms with Crippen LogP contribution in [-0.4, -0.2) is 35.1 Å². The SMILES string of the molecule is Clc1ncc(CN(C[C@@H]2CCCN2)C2CC2)s1. The van der Waals surface area contributed by atoms with Crippen molar-refractivity contribution >= 4 is 22.9 Å². The highest BCUT2D eigenvalue weighted by atomic mass is 35.5. The standard InChI is InChI=1S/C12H18ClN3S/c13-12-15-6-11(17-12)8-16(10-3-4-10)7-9-2-1-5-14-9/h6,9-10,14H,1-5,7-8H2/t9-/m0/s1. The number of hydrogen-bond donors (Lipinski definition) is 1. The minimum Gasteiger partial charge on any atom is -0.313 e. The van der Waals surface area contributed by atoms with Gasteiger partial charge in [0.05, 0.1) is 0 Å². The smallest absolute Gasteiger partial charge is 0.183 e. The van der Waals surface area contributed by atoms with Crippen molar-refractivity contribution in [2.24, 2.45) is 0 Å². The first-order valence-electron chi connectivity index (χ1n) is 6.39. The molecule has 0 radical (unpaired) electrons. The number of rotatable bonds is 5. The van der Waals surface area contributed by atoms with E-state index in [1.807, 2.05) is 6.20 Å². The van der Waals surface area contributed by atoms with Gasteiger partial charge in [0, 0.05) is 36.2 Å². The zero-order valence-corrected chi connectivity index (χ0v) is 11.4. The predicted molar refractivity (Wildman–Crippen MR) is 71.6 cm³/mol. The van der Waals surface area contributed by atoms with E-state index in [0.29, 0.717) is 10.5 Å². The summed E-state index contributed by atoms with van der Waals surface area (Å²) in [4.78, 5) is 8.02. The second-order valence-electron chi connectivity index (χ2n) is 5.03. The van der Waals surface area contributed by atoms with Gasteiger partial charge in [-0.2, -0.15) is 0 Å². The van der Waals surface area contributed by atoms with Gasteiger partial charge in [-0.25, -0.2) is 4.98 Å². The normalized spacial score (nSPS) is 24.7. The lowest BCUT2D eigenvalue weighted by atomic mass is 10.2. The fourth-order valence-electron chi connectivity index (χ4n) is 2.53. The van der Waals surface area contributed by atoms with Crippen molar-refractivity contribution < 1.29 is 0 Å². The van der Waals surface area contributed by atoms with Crippen LogP contribution in [0.25, 0.3) is 0 Å². The largest absolute Gasteiger partial charge is 0.313 e. The van der Waals surface area contributed by atoms with Gasteiger partial charge in [0.2, 0.25) is 0 Å². The summed E-state index contributed by atoms with van der Waals surface area (Å²) >= 11 is 7.50. The van der Waals surface area contributed by atoms with Crippen LogP contribution in [-0.2, 0) is 6.54 Å². The highest BCUT2D eigenvalue weighted by Gasteiger charge is 2.31. The van der Waals surface area contributed by atoms with E-state index < -0.39 is 0 Å². The van der Waals surface area contributed by atoms with Gasteiger partial charge in [0.1, 0.15) is 0 Å². The molecule has 0 bridgehead atoms. The average Bonchev–Trinajstić information content (AvgIpc) is 2.89. The lowest BCUT2D eigenvalue weighted by Crippen LogP contribution is -2.38. The molecule has 1 atom stereocenters. The number of hydrogen-bond acceptors (Lipinski definition) is 4. The molecular formula is C12H18ClN3S. The van der Waals surface area contributed by atoms with Crippen LogP contribution >= 0.6 is 22.9 Å². The molecule has 0 aromatic carbocycles. The molecule has 1 saturated carbocycles. The zero-order chi connectivity index (χ0) is 11.7. The van der Waals surface area contributed by atoms with Crippen LogP contribution in [0.3, 0.4) is 0 Å². The topological polar surface area (TPSA) is 28.2 Å². The predicted octanol–water partition coefficient (Wildman–Crippen LogP) is 2.51. The molecule has 3 rings (SSSR count). The molecule has 1 aromatic heterocycles. The third kappa shape index (κ3) is 3.19. The maximum Gasteiger partial charge on any atom is 0.183 e. The molecule has 17 heavy (non-hydrogen) atoms. The van der Waals surface area contributed by atoms with Crippen molar-refractivity contribution in [3.8, 4) is 0 Å². The number of nitrogens with one attached hydrogen (secondary N) is 1. The maximum atomic E-state index is 5.89. The summed E-state index contributed by atoms with van der Waals surface area (Å²) < 4.78 is 0.662. The quantitative estimate of drug-likeness (QED) is 0.892. The second-order valence-corrected chi connectivity index (χ2v) is 6.73. The highest BCUT2D eigenvalue weighted by molar-refractivity contribution is 7.15. The Bertz CT molecular complexity index is 372. The van der Waals surface area contributed by atoms with Gasteiger partial charge in [0.15, 0.2) is 4.47 Å². The minimum absolute atomic E-state index is 0.662. The number of aromatic nitrogens is 1. The summed E-state index contributed by atoms with van der Waals surface area (Å²) in [5.74, 6) is 0. The van der Waals surface area contributed by atoms with Gasteiger partial charge < -0.3 is 5.32 Å². The van der Waals surface area contributed by atoms with Crippen molar-refractivity contribution in [1.29, 1.82) is 0 Å². The molecule has 1 N–H and O–H groups in total. The first-order valence-corrected chi connectivity index (χ1v) is 7.58. The Morgan fingerprint density at radius 3 is 2.94 bits per heavy atom. The molecule has 5 heteroatoms. The van der Waals surface area contributed by atoms with E-state index in [0.717, 1.165) is 12.6 Å². The number of nitrogens with zero attached hydrogens (tertiary/aromatic N) is 2. The first kappa shape index (κ1) is 11.9. The Balaban J connectivity index is 1.59. The van der Waals surface area contributed by atoms with Gasteiger partial charge in [-0.1, -0.05) is 11.6 Å². The van der Waals surface area contributed by atoms with Gasteiger partial charge in [-0.3, -0.25) is 4.90 Å². The third-order valence-corrected chi connectivity index (χ3v) is 4.66. The van der Waals surface area contributed by atoms with E-state index in [1.54, 1.807) is 11.3 Å². The molecule has 1 aromatic rings. The lowest BCUT2D eigenvalue weighted by molar-refractivity contribution is 0.233. The Morgan fingerprint density at radius 2 is 2.35 bits per heavy atom. The molecule has 1 aliphatic heterocycles. The molecule has 1 aliphatic carbocycles. The van der Waals surface area contributed by atoms with Gasteiger partial charge >= 0.3 is 0 Å². The van der Waals surface area contributed by atoms with Gasteiger partial charge in [-0.05, 0) is 32.2 Å². The molecule has 0 unspecified atom stereocenters. The molecular weight excluding hydrogens is 254 g/mol. The molecule has 2 fully saturated rings. The fourth-order valence-corrected chi connectivity index (χ4v) is 3.54. The summed E-state index contributed by atoms with van der Waals surface area (Å²) in [6.07, 6.45) is 7.30. The summed E-state index contributed by atoms with van der Waals surface area (Å²) in [7, 11) is 0. The van der Waals surface area contributed by atoms with Crippen molar-refractivity contribution in [2.45, 2.75) is 44.3 Å². The van der Waals surface area contributed by atoms with E-state index in [9.17, 15) is 0 Å². The molecule has 0 amide bonds. The van der Waals surface area contributed by atoms with E-state index in [1.165, 1.54) is 43.6 Å². The average molecular weight is 272 g/mol. The number of halogens is 1. The Morgan fingerprint density at radius 1 is 1.47 bits per heavy atom. The van der Waals surface area contributed by atoms with Crippen LogP contribution in [0.15, 0.2) is 6.20 Å². The van der Waals surface area contributed by atoms with E-state index in [4.69, 9.17) is 11.6 Å². The Kier molecular flexibility index (Phi) is 3.66. The molecule has 0 spiro atoms. The van der Waals surface area contributed by atoms with Crippen molar-refractivity contribution in [1.82, 2.24) is 15.2 Å². The molecule has 2 heterocycles. The van der Waals surface area contributed by atoms with Crippen LogP contribution in [0.2, 0.25) is 4.47 Å². The molecule has 3 nitrogen and oxygen atoms in total. The second kappa shape index (κ2) is 5.22. The van der Waals surface area contributed by atoms with Crippen LogP contribution in [0.1, 0.15) is 30.6 Å². The lowest BCUT2D eigenvalue weighted by Gasteiger charge is -2.24. The summed E-state index contributed by atoms with van der Waals surface area (Å²) in [6.45, 7) is 3.39. The summed E-state index contributed by atoms with van der Waals surface area (Å²) in [5.41, 5.74) is 0. The van der Waals surface area contributed by atoms with Crippen molar-refractivity contribution in [3.05, 3.63) is 15.5 Å². The highest BCUT2D eigenvalue weighted by Crippen LogP contribution is 2.30. The van der Waals surface area contributed by atoms with Crippen LogP contribution in [0.4, 0.5) is 0 Å². The van der Waals surface area contributed by atoms with Crippen molar-refractivity contribution in [2.75, 3.05) is 13.1 Å².